The Bertz CT molecular complexity index is 1300. The van der Waals surface area contributed by atoms with Gasteiger partial charge in [0.25, 0.3) is 5.91 Å². The molecule has 9 nitrogen and oxygen atoms in total. The van der Waals surface area contributed by atoms with Crippen molar-refractivity contribution in [2.45, 2.75) is 19.4 Å². The van der Waals surface area contributed by atoms with Crippen LogP contribution in [0.1, 0.15) is 22.5 Å². The SMILES string of the molecule is CNC(=O)c1ccc(-c2ccccc2OCC2CC(CNC(=O)Nc3ccnc(C)c3)=NO2)cc1F. The van der Waals surface area contributed by atoms with E-state index in [0.717, 1.165) is 5.69 Å². The first-order chi connectivity index (χ1) is 17.4. The van der Waals surface area contributed by atoms with E-state index < -0.39 is 11.7 Å². The van der Waals surface area contributed by atoms with Crippen molar-refractivity contribution >= 4 is 23.3 Å². The largest absolute Gasteiger partial charge is 0.489 e. The summed E-state index contributed by atoms with van der Waals surface area (Å²) in [6, 6.07) is 14.8. The number of urea groups is 1. The fourth-order valence-electron chi connectivity index (χ4n) is 3.68. The van der Waals surface area contributed by atoms with Crippen molar-refractivity contribution in [1.29, 1.82) is 0 Å². The number of carbonyl (C=O) groups excluding carboxylic acids is 2. The van der Waals surface area contributed by atoms with E-state index in [1.807, 2.05) is 25.1 Å². The number of ether oxygens (including phenoxy) is 1. The van der Waals surface area contributed by atoms with E-state index in [0.29, 0.717) is 34.7 Å². The summed E-state index contributed by atoms with van der Waals surface area (Å²) in [7, 11) is 1.45. The van der Waals surface area contributed by atoms with Crippen LogP contribution in [0.5, 0.6) is 5.75 Å². The molecule has 0 aliphatic carbocycles. The van der Waals surface area contributed by atoms with E-state index in [9.17, 15) is 14.0 Å². The third-order valence-electron chi connectivity index (χ3n) is 5.47. The minimum Gasteiger partial charge on any atom is -0.489 e. The lowest BCUT2D eigenvalue weighted by molar-refractivity contribution is 0.0472. The molecule has 0 fully saturated rings. The molecule has 2 aromatic carbocycles. The first-order valence-electron chi connectivity index (χ1n) is 11.4. The van der Waals surface area contributed by atoms with E-state index in [2.05, 4.69) is 26.1 Å². The molecule has 1 aliphatic rings. The van der Waals surface area contributed by atoms with Gasteiger partial charge in [-0.2, -0.15) is 0 Å². The van der Waals surface area contributed by atoms with E-state index in [1.165, 1.54) is 19.2 Å². The van der Waals surface area contributed by atoms with Gasteiger partial charge in [-0.25, -0.2) is 9.18 Å². The lowest BCUT2D eigenvalue weighted by atomic mass is 10.0. The van der Waals surface area contributed by atoms with E-state index in [-0.39, 0.29) is 30.9 Å². The van der Waals surface area contributed by atoms with Crippen LogP contribution in [0.4, 0.5) is 14.9 Å². The van der Waals surface area contributed by atoms with E-state index >= 15 is 0 Å². The van der Waals surface area contributed by atoms with Crippen molar-refractivity contribution in [3.8, 4) is 16.9 Å². The topological polar surface area (TPSA) is 114 Å². The number of oxime groups is 1. The Morgan fingerprint density at radius 1 is 1.17 bits per heavy atom. The number of nitrogens with one attached hydrogen (secondary N) is 3. The zero-order valence-corrected chi connectivity index (χ0v) is 19.9. The molecule has 1 atom stereocenters. The predicted octanol–water partition coefficient (Wildman–Crippen LogP) is 3.90. The quantitative estimate of drug-likeness (QED) is 0.442. The number of carbonyl (C=O) groups is 2. The Labute approximate surface area is 207 Å². The van der Waals surface area contributed by atoms with Gasteiger partial charge in [0, 0.05) is 36.6 Å². The first-order valence-corrected chi connectivity index (χ1v) is 11.4. The lowest BCUT2D eigenvalue weighted by Gasteiger charge is -2.14. The summed E-state index contributed by atoms with van der Waals surface area (Å²) >= 11 is 0. The second-order valence-electron chi connectivity index (χ2n) is 8.16. The van der Waals surface area contributed by atoms with Gasteiger partial charge in [-0.1, -0.05) is 29.4 Å². The number of nitrogens with zero attached hydrogens (tertiary/aromatic N) is 2. The first kappa shape index (κ1) is 24.6. The van der Waals surface area contributed by atoms with Crippen molar-refractivity contribution in [2.75, 3.05) is 25.5 Å². The lowest BCUT2D eigenvalue weighted by Crippen LogP contribution is -2.33. The number of pyridine rings is 1. The second-order valence-corrected chi connectivity index (χ2v) is 8.16. The number of para-hydroxylation sites is 1. The monoisotopic (exact) mass is 491 g/mol. The fraction of sp³-hybridized carbons (Fsp3) is 0.231. The Hall–Kier alpha value is -4.47. The molecule has 10 heteroatoms. The van der Waals surface area contributed by atoms with Crippen LogP contribution < -0.4 is 20.7 Å². The van der Waals surface area contributed by atoms with Crippen LogP contribution >= 0.6 is 0 Å². The summed E-state index contributed by atoms with van der Waals surface area (Å²) in [5, 5.41) is 12.0. The van der Waals surface area contributed by atoms with Crippen LogP contribution in [0, 0.1) is 12.7 Å². The van der Waals surface area contributed by atoms with Gasteiger partial charge in [0.1, 0.15) is 18.2 Å². The zero-order chi connectivity index (χ0) is 25.5. The second kappa shape index (κ2) is 11.3. The average molecular weight is 492 g/mol. The van der Waals surface area contributed by atoms with Gasteiger partial charge in [0.2, 0.25) is 0 Å². The summed E-state index contributed by atoms with van der Waals surface area (Å²) < 4.78 is 20.4. The van der Waals surface area contributed by atoms with Crippen LogP contribution in [-0.4, -0.2) is 48.9 Å². The fourth-order valence-corrected chi connectivity index (χ4v) is 3.68. The molecule has 1 aliphatic heterocycles. The standard InChI is InChI=1S/C26H26FN5O4/c1-16-11-18(9-10-29-16)31-26(34)30-14-19-13-20(36-32-19)15-35-24-6-4-3-5-21(24)17-7-8-22(23(27)12-17)25(33)28-2/h3-12,20H,13-15H2,1-2H3,(H,28,33)(H2,29,30,31,34). The van der Waals surface area contributed by atoms with Gasteiger partial charge in [-0.3, -0.25) is 9.78 Å². The third-order valence-corrected chi connectivity index (χ3v) is 5.47. The molecule has 186 valence electrons. The molecule has 2 heterocycles. The van der Waals surface area contributed by atoms with Crippen LogP contribution in [0.25, 0.3) is 11.1 Å². The van der Waals surface area contributed by atoms with Gasteiger partial charge in [-0.15, -0.1) is 0 Å². The van der Waals surface area contributed by atoms with Crippen LogP contribution in [0.2, 0.25) is 0 Å². The molecular weight excluding hydrogens is 465 g/mol. The maximum absolute atomic E-state index is 14.5. The molecule has 3 N–H and O–H groups in total. The number of hydrogen-bond acceptors (Lipinski definition) is 6. The molecule has 0 spiro atoms. The summed E-state index contributed by atoms with van der Waals surface area (Å²) in [6.45, 7) is 2.29. The third kappa shape index (κ3) is 6.15. The van der Waals surface area contributed by atoms with Crippen molar-refractivity contribution < 1.29 is 23.6 Å². The molecular formula is C26H26FN5O4. The smallest absolute Gasteiger partial charge is 0.319 e. The number of halogens is 1. The van der Waals surface area contributed by atoms with Gasteiger partial charge < -0.3 is 25.5 Å². The number of aromatic nitrogens is 1. The van der Waals surface area contributed by atoms with Gasteiger partial charge >= 0.3 is 6.03 Å². The predicted molar refractivity (Wildman–Crippen MR) is 134 cm³/mol. The highest BCUT2D eigenvalue weighted by atomic mass is 19.1. The Morgan fingerprint density at radius 3 is 2.78 bits per heavy atom. The van der Waals surface area contributed by atoms with Gasteiger partial charge in [-0.05, 0) is 42.8 Å². The Morgan fingerprint density at radius 2 is 2.00 bits per heavy atom. The van der Waals surface area contributed by atoms with Crippen molar-refractivity contribution in [3.05, 3.63) is 77.9 Å². The maximum atomic E-state index is 14.5. The molecule has 3 amide bonds. The molecule has 3 aromatic rings. The number of anilines is 1. The highest BCUT2D eigenvalue weighted by Crippen LogP contribution is 2.31. The van der Waals surface area contributed by atoms with Crippen molar-refractivity contribution in [1.82, 2.24) is 15.6 Å². The number of amides is 3. The van der Waals surface area contributed by atoms with Crippen LogP contribution in [0.15, 0.2) is 65.9 Å². The van der Waals surface area contributed by atoms with Crippen molar-refractivity contribution in [3.63, 3.8) is 0 Å². The summed E-state index contributed by atoms with van der Waals surface area (Å²) in [6.07, 6.45) is 1.79. The molecule has 1 unspecified atom stereocenters. The van der Waals surface area contributed by atoms with Gasteiger partial charge in [0.05, 0.1) is 17.8 Å². The molecule has 0 saturated carbocycles. The average Bonchev–Trinajstić information content (AvgIpc) is 3.34. The minimum atomic E-state index is -0.616. The van der Waals surface area contributed by atoms with Crippen molar-refractivity contribution in [2.24, 2.45) is 5.16 Å². The minimum absolute atomic E-state index is 0.0261. The molecule has 0 radical (unpaired) electrons. The molecule has 4 rings (SSSR count). The molecule has 0 saturated heterocycles. The van der Waals surface area contributed by atoms with E-state index in [1.54, 1.807) is 30.5 Å². The summed E-state index contributed by atoms with van der Waals surface area (Å²) in [5.74, 6) is -0.557. The number of hydrogen-bond donors (Lipinski definition) is 3. The maximum Gasteiger partial charge on any atom is 0.319 e. The highest BCUT2D eigenvalue weighted by molar-refractivity contribution is 5.95. The molecule has 0 bridgehead atoms. The normalized spacial score (nSPS) is 14.4. The van der Waals surface area contributed by atoms with Crippen LogP contribution in [0.3, 0.4) is 0 Å². The Kier molecular flexibility index (Phi) is 7.74. The summed E-state index contributed by atoms with van der Waals surface area (Å²) in [5.41, 5.74) is 3.38. The molecule has 36 heavy (non-hydrogen) atoms. The number of aryl methyl sites for hydroxylation is 1. The van der Waals surface area contributed by atoms with Gasteiger partial charge in [0.15, 0.2) is 6.10 Å². The highest BCUT2D eigenvalue weighted by Gasteiger charge is 2.23. The summed E-state index contributed by atoms with van der Waals surface area (Å²) in [4.78, 5) is 33.5. The zero-order valence-electron chi connectivity index (χ0n) is 19.9. The Balaban J connectivity index is 1.29. The number of benzene rings is 2. The number of rotatable bonds is 8. The van der Waals surface area contributed by atoms with E-state index in [4.69, 9.17) is 9.57 Å². The molecule has 1 aromatic heterocycles. The van der Waals surface area contributed by atoms with Crippen LogP contribution in [-0.2, 0) is 4.84 Å².